The number of rotatable bonds is 5. The fraction of sp³-hybridized carbons (Fsp3) is 0.304. The molecule has 0 spiro atoms. The van der Waals surface area contributed by atoms with Gasteiger partial charge in [0.2, 0.25) is 5.91 Å². The van der Waals surface area contributed by atoms with Crippen molar-refractivity contribution in [1.82, 2.24) is 19.8 Å². The van der Waals surface area contributed by atoms with E-state index in [1.54, 1.807) is 15.9 Å². The fourth-order valence-corrected chi connectivity index (χ4v) is 4.82. The molecule has 5 rings (SSSR count). The van der Waals surface area contributed by atoms with Crippen LogP contribution in [0.5, 0.6) is 0 Å². The molecule has 1 fully saturated rings. The van der Waals surface area contributed by atoms with Gasteiger partial charge in [-0.15, -0.1) is 21.5 Å². The van der Waals surface area contributed by atoms with Gasteiger partial charge in [0.25, 0.3) is 0 Å². The van der Waals surface area contributed by atoms with Gasteiger partial charge in [0, 0.05) is 17.7 Å². The second-order valence-electron chi connectivity index (χ2n) is 7.83. The summed E-state index contributed by atoms with van der Waals surface area (Å²) in [7, 11) is 0. The maximum Gasteiger partial charge on any atom is 0.224 e. The van der Waals surface area contributed by atoms with E-state index in [4.69, 9.17) is 5.10 Å². The Balaban J connectivity index is 1.37. The van der Waals surface area contributed by atoms with Crippen LogP contribution in [-0.2, 0) is 4.79 Å². The molecule has 152 valence electrons. The summed E-state index contributed by atoms with van der Waals surface area (Å²) in [6.45, 7) is 0. The van der Waals surface area contributed by atoms with Crippen LogP contribution in [0.25, 0.3) is 27.6 Å². The second-order valence-corrected chi connectivity index (χ2v) is 8.77. The predicted octanol–water partition coefficient (Wildman–Crippen LogP) is 5.43. The van der Waals surface area contributed by atoms with Crippen LogP contribution in [0.3, 0.4) is 0 Å². The van der Waals surface area contributed by atoms with E-state index in [0.29, 0.717) is 18.0 Å². The van der Waals surface area contributed by atoms with Gasteiger partial charge in [0.15, 0.2) is 11.5 Å². The topological polar surface area (TPSA) is 72.2 Å². The molecule has 1 N–H and O–H groups in total. The first-order valence-corrected chi connectivity index (χ1v) is 11.3. The molecule has 1 saturated carbocycles. The molecule has 0 saturated heterocycles. The van der Waals surface area contributed by atoms with Crippen molar-refractivity contribution in [1.29, 1.82) is 0 Å². The summed E-state index contributed by atoms with van der Waals surface area (Å²) in [6, 6.07) is 15.7. The Morgan fingerprint density at radius 2 is 1.97 bits per heavy atom. The summed E-state index contributed by atoms with van der Waals surface area (Å²) in [6.07, 6.45) is 6.75. The number of aromatic nitrogens is 4. The normalized spacial score (nSPS) is 14.8. The van der Waals surface area contributed by atoms with Crippen molar-refractivity contribution in [3.05, 3.63) is 53.9 Å². The molecule has 1 aliphatic rings. The van der Waals surface area contributed by atoms with Gasteiger partial charge in [-0.25, -0.2) is 0 Å². The first-order chi connectivity index (χ1) is 14.8. The first kappa shape index (κ1) is 18.9. The number of amides is 1. The monoisotopic (exact) mass is 417 g/mol. The van der Waals surface area contributed by atoms with Gasteiger partial charge in [-0.2, -0.15) is 9.61 Å². The minimum Gasteiger partial charge on any atom is -0.326 e. The van der Waals surface area contributed by atoms with E-state index in [1.807, 2.05) is 53.9 Å². The van der Waals surface area contributed by atoms with E-state index in [0.717, 1.165) is 27.6 Å². The summed E-state index contributed by atoms with van der Waals surface area (Å²) in [5.74, 6) is 1.36. The number of anilines is 1. The van der Waals surface area contributed by atoms with Crippen molar-refractivity contribution in [2.75, 3.05) is 5.32 Å². The van der Waals surface area contributed by atoms with Gasteiger partial charge in [0.05, 0.1) is 10.6 Å². The van der Waals surface area contributed by atoms with E-state index in [9.17, 15) is 4.79 Å². The highest BCUT2D eigenvalue weighted by Gasteiger charge is 2.17. The SMILES string of the molecule is O=C(CC1CCCCC1)Nc1cccc(-c2ccc3nnc(-c4cccs4)n3n2)c1. The molecule has 4 aromatic rings. The number of thiophene rings is 1. The zero-order valence-electron chi connectivity index (χ0n) is 16.6. The lowest BCUT2D eigenvalue weighted by molar-refractivity contribution is -0.117. The van der Waals surface area contributed by atoms with E-state index in [2.05, 4.69) is 15.5 Å². The van der Waals surface area contributed by atoms with Crippen molar-refractivity contribution in [3.63, 3.8) is 0 Å². The lowest BCUT2D eigenvalue weighted by Crippen LogP contribution is -2.18. The summed E-state index contributed by atoms with van der Waals surface area (Å²) in [5.41, 5.74) is 3.26. The van der Waals surface area contributed by atoms with Crippen LogP contribution in [0.2, 0.25) is 0 Å². The van der Waals surface area contributed by atoms with Gasteiger partial charge >= 0.3 is 0 Å². The molecule has 1 aliphatic carbocycles. The molecule has 3 heterocycles. The highest BCUT2D eigenvalue weighted by Crippen LogP contribution is 2.28. The van der Waals surface area contributed by atoms with Gasteiger partial charge in [0.1, 0.15) is 0 Å². The lowest BCUT2D eigenvalue weighted by atomic mass is 9.87. The molecule has 1 aromatic carbocycles. The molecule has 6 nitrogen and oxygen atoms in total. The third kappa shape index (κ3) is 3.98. The number of carbonyl (C=O) groups excluding carboxylic acids is 1. The largest absolute Gasteiger partial charge is 0.326 e. The molecular formula is C23H23N5OS. The summed E-state index contributed by atoms with van der Waals surface area (Å²) >= 11 is 1.61. The quantitative estimate of drug-likeness (QED) is 0.470. The van der Waals surface area contributed by atoms with E-state index < -0.39 is 0 Å². The van der Waals surface area contributed by atoms with Crippen molar-refractivity contribution >= 4 is 28.6 Å². The third-order valence-corrected chi connectivity index (χ3v) is 6.51. The van der Waals surface area contributed by atoms with Crippen LogP contribution in [0.15, 0.2) is 53.9 Å². The Morgan fingerprint density at radius 3 is 2.80 bits per heavy atom. The summed E-state index contributed by atoms with van der Waals surface area (Å²) in [4.78, 5) is 13.5. The Labute approximate surface area is 179 Å². The van der Waals surface area contributed by atoms with Crippen molar-refractivity contribution in [3.8, 4) is 22.0 Å². The molecule has 7 heteroatoms. The number of hydrogen-bond acceptors (Lipinski definition) is 5. The number of hydrogen-bond donors (Lipinski definition) is 1. The zero-order chi connectivity index (χ0) is 20.3. The van der Waals surface area contributed by atoms with Gasteiger partial charge in [-0.1, -0.05) is 37.5 Å². The van der Waals surface area contributed by atoms with Crippen LogP contribution in [0, 0.1) is 5.92 Å². The van der Waals surface area contributed by atoms with Gasteiger partial charge < -0.3 is 5.32 Å². The van der Waals surface area contributed by atoms with Crippen LogP contribution in [0.4, 0.5) is 5.69 Å². The van der Waals surface area contributed by atoms with Crippen molar-refractivity contribution in [2.45, 2.75) is 38.5 Å². The fourth-order valence-electron chi connectivity index (χ4n) is 4.12. The molecule has 3 aromatic heterocycles. The maximum absolute atomic E-state index is 12.5. The standard InChI is InChI=1S/C23H23N5OS/c29-22(14-16-6-2-1-3-7-16)24-18-9-4-8-17(15-18)19-11-12-21-25-26-23(28(21)27-19)20-10-5-13-30-20/h4-5,8-13,15-16H,1-3,6-7,14H2,(H,24,29). The van der Waals surface area contributed by atoms with E-state index >= 15 is 0 Å². The van der Waals surface area contributed by atoms with Crippen LogP contribution in [0.1, 0.15) is 38.5 Å². The predicted molar refractivity (Wildman–Crippen MR) is 119 cm³/mol. The second kappa shape index (κ2) is 8.36. The summed E-state index contributed by atoms with van der Waals surface area (Å²) in [5, 5.41) is 18.4. The Hall–Kier alpha value is -3.06. The highest BCUT2D eigenvalue weighted by molar-refractivity contribution is 7.13. The third-order valence-electron chi connectivity index (χ3n) is 5.65. The minimum atomic E-state index is 0.0984. The molecule has 30 heavy (non-hydrogen) atoms. The van der Waals surface area contributed by atoms with Crippen LogP contribution >= 0.6 is 11.3 Å². The Morgan fingerprint density at radius 1 is 1.07 bits per heavy atom. The number of fused-ring (bicyclic) bond motifs is 1. The maximum atomic E-state index is 12.5. The first-order valence-electron chi connectivity index (χ1n) is 10.4. The van der Waals surface area contributed by atoms with Gasteiger partial charge in [-0.3, -0.25) is 4.79 Å². The molecule has 0 unspecified atom stereocenters. The van der Waals surface area contributed by atoms with E-state index in [1.165, 1.54) is 32.1 Å². The molecule has 1 amide bonds. The van der Waals surface area contributed by atoms with Crippen LogP contribution in [-0.4, -0.2) is 25.7 Å². The lowest BCUT2D eigenvalue weighted by Gasteiger charge is -2.20. The Kier molecular flexibility index (Phi) is 5.27. The molecular weight excluding hydrogens is 394 g/mol. The molecule has 0 bridgehead atoms. The van der Waals surface area contributed by atoms with E-state index in [-0.39, 0.29) is 5.91 Å². The average Bonchev–Trinajstić information content (AvgIpc) is 3.44. The minimum absolute atomic E-state index is 0.0984. The van der Waals surface area contributed by atoms with Crippen molar-refractivity contribution < 1.29 is 4.79 Å². The number of nitrogens with one attached hydrogen (secondary N) is 1. The smallest absolute Gasteiger partial charge is 0.224 e. The van der Waals surface area contributed by atoms with Crippen molar-refractivity contribution in [2.24, 2.45) is 5.92 Å². The average molecular weight is 418 g/mol. The molecule has 0 atom stereocenters. The Bertz CT molecular complexity index is 1160. The molecule has 0 aliphatic heterocycles. The highest BCUT2D eigenvalue weighted by atomic mass is 32.1. The zero-order valence-corrected chi connectivity index (χ0v) is 17.4. The molecule has 0 radical (unpaired) electrons. The summed E-state index contributed by atoms with van der Waals surface area (Å²) < 4.78 is 1.77. The number of nitrogens with zero attached hydrogens (tertiary/aromatic N) is 4. The number of carbonyl (C=O) groups is 1. The number of benzene rings is 1. The van der Waals surface area contributed by atoms with Gasteiger partial charge in [-0.05, 0) is 54.5 Å². The van der Waals surface area contributed by atoms with Crippen LogP contribution < -0.4 is 5.32 Å².